The van der Waals surface area contributed by atoms with E-state index in [0.717, 1.165) is 30.8 Å². The maximum absolute atomic E-state index is 12.9. The fraction of sp³-hybridized carbons (Fsp3) is 0.474. The Balaban J connectivity index is 1.83. The standard InChI is InChI=1S/C19H25N3O2/c1-13-6-8-16(9-7-13)22-14(2)11-18(20-22)19(24)21-10-4-5-17(21)12-15(3)23/h6-9,11,15,17,23H,4-5,10,12H2,1-3H3. The fourth-order valence-corrected chi connectivity index (χ4v) is 3.42. The summed E-state index contributed by atoms with van der Waals surface area (Å²) in [5, 5.41) is 14.2. The molecule has 1 aliphatic rings. The highest BCUT2D eigenvalue weighted by Gasteiger charge is 2.31. The second-order valence-electron chi connectivity index (χ2n) is 6.80. The van der Waals surface area contributed by atoms with Crippen LogP contribution in [0.5, 0.6) is 0 Å². The predicted molar refractivity (Wildman–Crippen MR) is 93.4 cm³/mol. The van der Waals surface area contributed by atoms with Gasteiger partial charge in [0, 0.05) is 18.3 Å². The SMILES string of the molecule is Cc1ccc(-n2nc(C(=O)N3CCCC3CC(C)O)cc2C)cc1. The summed E-state index contributed by atoms with van der Waals surface area (Å²) in [6.07, 6.45) is 2.17. The molecule has 1 aliphatic heterocycles. The van der Waals surface area contributed by atoms with Crippen molar-refractivity contribution in [2.75, 3.05) is 6.54 Å². The molecule has 0 bridgehead atoms. The number of amides is 1. The predicted octanol–water partition coefficient (Wildman–Crippen LogP) is 2.86. The van der Waals surface area contributed by atoms with E-state index >= 15 is 0 Å². The Morgan fingerprint density at radius 1 is 1.33 bits per heavy atom. The van der Waals surface area contributed by atoms with E-state index in [-0.39, 0.29) is 11.9 Å². The van der Waals surface area contributed by atoms with Crippen molar-refractivity contribution in [3.63, 3.8) is 0 Å². The molecule has 0 aliphatic carbocycles. The van der Waals surface area contributed by atoms with Crippen LogP contribution in [0.3, 0.4) is 0 Å². The molecule has 24 heavy (non-hydrogen) atoms. The highest BCUT2D eigenvalue weighted by Crippen LogP contribution is 2.24. The zero-order chi connectivity index (χ0) is 17.3. The zero-order valence-electron chi connectivity index (χ0n) is 14.6. The number of carbonyl (C=O) groups is 1. The summed E-state index contributed by atoms with van der Waals surface area (Å²) in [6.45, 7) is 6.52. The number of hydrogen-bond acceptors (Lipinski definition) is 3. The Morgan fingerprint density at radius 3 is 2.71 bits per heavy atom. The molecule has 1 amide bonds. The third-order valence-corrected chi connectivity index (χ3v) is 4.64. The van der Waals surface area contributed by atoms with E-state index in [1.54, 1.807) is 6.92 Å². The molecule has 1 saturated heterocycles. The van der Waals surface area contributed by atoms with Gasteiger partial charge < -0.3 is 10.0 Å². The first-order valence-corrected chi connectivity index (χ1v) is 8.58. The number of nitrogens with zero attached hydrogens (tertiary/aromatic N) is 3. The fourth-order valence-electron chi connectivity index (χ4n) is 3.42. The average Bonchev–Trinajstić information content (AvgIpc) is 3.14. The summed E-state index contributed by atoms with van der Waals surface area (Å²) in [5.41, 5.74) is 3.57. The molecule has 2 unspecified atom stereocenters. The molecule has 2 heterocycles. The van der Waals surface area contributed by atoms with E-state index < -0.39 is 6.10 Å². The summed E-state index contributed by atoms with van der Waals surface area (Å²) in [4.78, 5) is 14.7. The zero-order valence-corrected chi connectivity index (χ0v) is 14.6. The number of hydrogen-bond donors (Lipinski definition) is 1. The monoisotopic (exact) mass is 327 g/mol. The molecule has 1 aromatic heterocycles. The molecule has 128 valence electrons. The lowest BCUT2D eigenvalue weighted by molar-refractivity contribution is 0.0676. The van der Waals surface area contributed by atoms with Crippen molar-refractivity contribution in [2.24, 2.45) is 0 Å². The Morgan fingerprint density at radius 2 is 2.04 bits per heavy atom. The molecular weight excluding hydrogens is 302 g/mol. The molecule has 1 fully saturated rings. The van der Waals surface area contributed by atoms with Crippen LogP contribution in [0.2, 0.25) is 0 Å². The number of benzene rings is 1. The number of aryl methyl sites for hydroxylation is 2. The van der Waals surface area contributed by atoms with Crippen LogP contribution in [0.15, 0.2) is 30.3 Å². The van der Waals surface area contributed by atoms with Crippen LogP contribution in [0, 0.1) is 13.8 Å². The minimum Gasteiger partial charge on any atom is -0.393 e. The van der Waals surface area contributed by atoms with Crippen molar-refractivity contribution < 1.29 is 9.90 Å². The van der Waals surface area contributed by atoms with Gasteiger partial charge in [0.1, 0.15) is 0 Å². The van der Waals surface area contributed by atoms with E-state index in [9.17, 15) is 9.90 Å². The van der Waals surface area contributed by atoms with E-state index in [4.69, 9.17) is 0 Å². The normalized spacial score (nSPS) is 18.8. The molecule has 0 spiro atoms. The van der Waals surface area contributed by atoms with Crippen molar-refractivity contribution in [1.82, 2.24) is 14.7 Å². The van der Waals surface area contributed by atoms with Crippen LogP contribution in [-0.2, 0) is 0 Å². The lowest BCUT2D eigenvalue weighted by atomic mass is 10.1. The summed E-state index contributed by atoms with van der Waals surface area (Å²) >= 11 is 0. The van der Waals surface area contributed by atoms with Crippen molar-refractivity contribution in [3.8, 4) is 5.69 Å². The summed E-state index contributed by atoms with van der Waals surface area (Å²) < 4.78 is 1.81. The minimum absolute atomic E-state index is 0.0351. The van der Waals surface area contributed by atoms with Crippen LogP contribution >= 0.6 is 0 Å². The first-order chi connectivity index (χ1) is 11.5. The molecule has 2 atom stereocenters. The van der Waals surface area contributed by atoms with Crippen molar-refractivity contribution in [3.05, 3.63) is 47.3 Å². The van der Waals surface area contributed by atoms with Crippen LogP contribution < -0.4 is 0 Å². The number of carbonyl (C=O) groups excluding carboxylic acids is 1. The Bertz CT molecular complexity index is 719. The second-order valence-corrected chi connectivity index (χ2v) is 6.80. The average molecular weight is 327 g/mol. The third kappa shape index (κ3) is 3.36. The van der Waals surface area contributed by atoms with Gasteiger partial charge in [0.25, 0.3) is 5.91 Å². The van der Waals surface area contributed by atoms with Crippen molar-refractivity contribution in [1.29, 1.82) is 0 Å². The Hall–Kier alpha value is -2.14. The van der Waals surface area contributed by atoms with Gasteiger partial charge in [-0.15, -0.1) is 0 Å². The summed E-state index contributed by atoms with van der Waals surface area (Å²) in [7, 11) is 0. The largest absolute Gasteiger partial charge is 0.393 e. The number of rotatable bonds is 4. The maximum Gasteiger partial charge on any atom is 0.274 e. The van der Waals surface area contributed by atoms with E-state index in [1.165, 1.54) is 5.56 Å². The van der Waals surface area contributed by atoms with Crippen LogP contribution in [-0.4, -0.2) is 44.4 Å². The van der Waals surface area contributed by atoms with E-state index in [1.807, 2.05) is 53.8 Å². The molecule has 2 aromatic rings. The minimum atomic E-state index is -0.393. The lowest BCUT2D eigenvalue weighted by Crippen LogP contribution is -2.37. The van der Waals surface area contributed by atoms with E-state index in [2.05, 4.69) is 5.10 Å². The first kappa shape index (κ1) is 16.7. The van der Waals surface area contributed by atoms with Crippen LogP contribution in [0.25, 0.3) is 5.69 Å². The molecule has 3 rings (SSSR count). The molecule has 0 saturated carbocycles. The molecule has 0 radical (unpaired) electrons. The van der Waals surface area contributed by atoms with Gasteiger partial charge in [0.2, 0.25) is 0 Å². The number of likely N-dealkylation sites (tertiary alicyclic amines) is 1. The quantitative estimate of drug-likeness (QED) is 0.939. The second kappa shape index (κ2) is 6.77. The van der Waals surface area contributed by atoms with Gasteiger partial charge in [-0.2, -0.15) is 5.10 Å². The number of aromatic nitrogens is 2. The maximum atomic E-state index is 12.9. The Labute approximate surface area is 142 Å². The van der Waals surface area contributed by atoms with Gasteiger partial charge in [-0.3, -0.25) is 4.79 Å². The molecule has 1 aromatic carbocycles. The molecule has 1 N–H and O–H groups in total. The van der Waals surface area contributed by atoms with Crippen molar-refractivity contribution >= 4 is 5.91 Å². The number of aliphatic hydroxyl groups is 1. The molecule has 5 nitrogen and oxygen atoms in total. The Kier molecular flexibility index (Phi) is 4.71. The van der Waals surface area contributed by atoms with Gasteiger partial charge in [-0.1, -0.05) is 17.7 Å². The highest BCUT2D eigenvalue weighted by molar-refractivity contribution is 5.93. The molecular formula is C19H25N3O2. The van der Waals surface area contributed by atoms with Gasteiger partial charge >= 0.3 is 0 Å². The smallest absolute Gasteiger partial charge is 0.274 e. The topological polar surface area (TPSA) is 58.4 Å². The number of aliphatic hydroxyl groups excluding tert-OH is 1. The van der Waals surface area contributed by atoms with Crippen LogP contribution in [0.1, 0.15) is 47.9 Å². The molecule has 5 heteroatoms. The highest BCUT2D eigenvalue weighted by atomic mass is 16.3. The van der Waals surface area contributed by atoms with Crippen molar-refractivity contribution in [2.45, 2.75) is 52.2 Å². The lowest BCUT2D eigenvalue weighted by Gasteiger charge is -2.24. The van der Waals surface area contributed by atoms with Gasteiger partial charge in [-0.25, -0.2) is 4.68 Å². The van der Waals surface area contributed by atoms with Gasteiger partial charge in [0.15, 0.2) is 5.69 Å². The van der Waals surface area contributed by atoms with Crippen LogP contribution in [0.4, 0.5) is 0 Å². The first-order valence-electron chi connectivity index (χ1n) is 8.58. The van der Waals surface area contributed by atoms with E-state index in [0.29, 0.717) is 12.1 Å². The van der Waals surface area contributed by atoms with Gasteiger partial charge in [-0.05, 0) is 58.2 Å². The summed E-state index contributed by atoms with van der Waals surface area (Å²) in [5.74, 6) is -0.0351. The summed E-state index contributed by atoms with van der Waals surface area (Å²) in [6, 6.07) is 10.1. The van der Waals surface area contributed by atoms with Gasteiger partial charge in [0.05, 0.1) is 11.8 Å². The third-order valence-electron chi connectivity index (χ3n) is 4.64.